The van der Waals surface area contributed by atoms with Gasteiger partial charge in [-0.2, -0.15) is 0 Å². The molecule has 1 saturated heterocycles. The first-order valence-corrected chi connectivity index (χ1v) is 9.98. The number of nitrogens with one attached hydrogen (secondary N) is 1. The zero-order valence-electron chi connectivity index (χ0n) is 12.8. The Morgan fingerprint density at radius 1 is 1.23 bits per heavy atom. The van der Waals surface area contributed by atoms with E-state index in [9.17, 15) is 8.42 Å². The van der Waals surface area contributed by atoms with Gasteiger partial charge < -0.3 is 4.74 Å². The lowest BCUT2D eigenvalue weighted by atomic mass is 9.74. The average Bonchev–Trinajstić information content (AvgIpc) is 3.26. The summed E-state index contributed by atoms with van der Waals surface area (Å²) < 4.78 is 33.7. The summed E-state index contributed by atoms with van der Waals surface area (Å²) in [6.07, 6.45) is 3.19. The largest absolute Gasteiger partial charge is 0.381 e. The van der Waals surface area contributed by atoms with Crippen molar-refractivity contribution in [3.63, 3.8) is 0 Å². The van der Waals surface area contributed by atoms with Crippen LogP contribution < -0.4 is 4.72 Å². The van der Waals surface area contributed by atoms with Crippen molar-refractivity contribution in [2.24, 2.45) is 0 Å². The molecule has 0 bridgehead atoms. The van der Waals surface area contributed by atoms with Gasteiger partial charge >= 0.3 is 0 Å². The molecule has 0 radical (unpaired) electrons. The van der Waals surface area contributed by atoms with Crippen LogP contribution in [0.2, 0.25) is 0 Å². The molecule has 6 heteroatoms. The van der Waals surface area contributed by atoms with Gasteiger partial charge in [0.15, 0.2) is 0 Å². The van der Waals surface area contributed by atoms with E-state index in [4.69, 9.17) is 4.74 Å². The number of benzene rings is 1. The Hall–Kier alpha value is -0.430. The minimum absolute atomic E-state index is 0.180. The molecule has 1 N–H and O–H groups in total. The molecule has 1 saturated carbocycles. The van der Waals surface area contributed by atoms with Crippen LogP contribution in [-0.2, 0) is 20.2 Å². The summed E-state index contributed by atoms with van der Waals surface area (Å²) in [6.45, 7) is 3.62. The smallest absolute Gasteiger partial charge is 0.217 e. The summed E-state index contributed by atoms with van der Waals surface area (Å²) in [5, 5.41) is 0. The molecule has 0 spiro atoms. The number of hydrogen-bond donors (Lipinski definition) is 1. The van der Waals surface area contributed by atoms with Gasteiger partial charge in [0.1, 0.15) is 0 Å². The third-order valence-electron chi connectivity index (χ3n) is 5.09. The van der Waals surface area contributed by atoms with E-state index in [1.165, 1.54) is 5.56 Å². The molecule has 1 heterocycles. The first-order chi connectivity index (χ1) is 10.4. The molecule has 1 aromatic rings. The first-order valence-electron chi connectivity index (χ1n) is 7.70. The summed E-state index contributed by atoms with van der Waals surface area (Å²) in [4.78, 5) is 0. The summed E-state index contributed by atoms with van der Waals surface area (Å²) >= 11 is 3.52. The molecular formula is C16H22BrNO3S. The molecule has 0 unspecified atom stereocenters. The highest BCUT2D eigenvalue weighted by Crippen LogP contribution is 2.43. The first kappa shape index (κ1) is 16.4. The number of rotatable bonds is 5. The molecular weight excluding hydrogens is 366 g/mol. The van der Waals surface area contributed by atoms with Gasteiger partial charge in [0.2, 0.25) is 10.0 Å². The van der Waals surface area contributed by atoms with E-state index >= 15 is 0 Å². The van der Waals surface area contributed by atoms with Crippen LogP contribution >= 0.6 is 15.9 Å². The number of halogens is 1. The molecule has 1 aliphatic carbocycles. The van der Waals surface area contributed by atoms with E-state index in [-0.39, 0.29) is 5.41 Å². The second-order valence-electron chi connectivity index (χ2n) is 6.68. The number of hydrogen-bond acceptors (Lipinski definition) is 3. The summed E-state index contributed by atoms with van der Waals surface area (Å²) in [5.74, 6) is 0. The predicted octanol–water partition coefficient (Wildman–Crippen LogP) is 2.97. The second kappa shape index (κ2) is 5.89. The van der Waals surface area contributed by atoms with Gasteiger partial charge in [-0.05, 0) is 50.3 Å². The Balaban J connectivity index is 1.84. The number of ether oxygens (including phenoxy) is 1. The molecule has 0 atom stereocenters. The standard InChI is InChI=1S/C16H22BrNO3S/c1-15(5-6-15)22(19,20)18-12-16(7-9-21-10-8-16)13-3-2-4-14(17)11-13/h2-4,11,18H,5-10,12H2,1H3. The number of sulfonamides is 1. The molecule has 1 aliphatic heterocycles. The van der Waals surface area contributed by atoms with Crippen molar-refractivity contribution in [1.82, 2.24) is 4.72 Å². The molecule has 1 aromatic carbocycles. The third kappa shape index (κ3) is 3.11. The van der Waals surface area contributed by atoms with Crippen molar-refractivity contribution in [3.8, 4) is 0 Å². The van der Waals surface area contributed by atoms with E-state index in [0.29, 0.717) is 19.8 Å². The maximum atomic E-state index is 12.4. The summed E-state index contributed by atoms with van der Waals surface area (Å²) in [6, 6.07) is 8.18. The van der Waals surface area contributed by atoms with Crippen molar-refractivity contribution in [2.75, 3.05) is 19.8 Å². The molecule has 4 nitrogen and oxygen atoms in total. The van der Waals surface area contributed by atoms with Crippen LogP contribution in [0.25, 0.3) is 0 Å². The van der Waals surface area contributed by atoms with Crippen LogP contribution in [0, 0.1) is 0 Å². The minimum Gasteiger partial charge on any atom is -0.381 e. The Morgan fingerprint density at radius 2 is 1.91 bits per heavy atom. The predicted molar refractivity (Wildman–Crippen MR) is 90.4 cm³/mol. The quantitative estimate of drug-likeness (QED) is 0.844. The van der Waals surface area contributed by atoms with Crippen LogP contribution in [0.3, 0.4) is 0 Å². The van der Waals surface area contributed by atoms with Crippen LogP contribution in [0.5, 0.6) is 0 Å². The van der Waals surface area contributed by atoms with Gasteiger partial charge in [-0.3, -0.25) is 0 Å². The average molecular weight is 388 g/mol. The van der Waals surface area contributed by atoms with Crippen molar-refractivity contribution in [3.05, 3.63) is 34.3 Å². The van der Waals surface area contributed by atoms with E-state index in [1.807, 2.05) is 19.1 Å². The molecule has 22 heavy (non-hydrogen) atoms. The van der Waals surface area contributed by atoms with Crippen LogP contribution in [-0.4, -0.2) is 32.9 Å². The third-order valence-corrected chi connectivity index (χ3v) is 7.81. The summed E-state index contributed by atoms with van der Waals surface area (Å²) in [7, 11) is -3.24. The van der Waals surface area contributed by atoms with Crippen molar-refractivity contribution < 1.29 is 13.2 Å². The Kier molecular flexibility index (Phi) is 4.40. The van der Waals surface area contributed by atoms with E-state index in [1.54, 1.807) is 0 Å². The zero-order chi connectivity index (χ0) is 15.8. The minimum atomic E-state index is -3.24. The monoisotopic (exact) mass is 387 g/mol. The second-order valence-corrected chi connectivity index (χ2v) is 9.87. The highest BCUT2D eigenvalue weighted by molar-refractivity contribution is 9.10. The lowest BCUT2D eigenvalue weighted by molar-refractivity contribution is 0.0516. The van der Waals surface area contributed by atoms with Crippen LogP contribution in [0.1, 0.15) is 38.2 Å². The molecule has 122 valence electrons. The van der Waals surface area contributed by atoms with E-state index in [2.05, 4.69) is 32.8 Å². The van der Waals surface area contributed by atoms with E-state index in [0.717, 1.165) is 30.2 Å². The SMILES string of the molecule is CC1(S(=O)(=O)NCC2(c3cccc(Br)c3)CCOCC2)CC1. The fraction of sp³-hybridized carbons (Fsp3) is 0.625. The van der Waals surface area contributed by atoms with Gasteiger partial charge in [-0.15, -0.1) is 0 Å². The maximum absolute atomic E-state index is 12.4. The highest BCUT2D eigenvalue weighted by Gasteiger charge is 2.50. The zero-order valence-corrected chi connectivity index (χ0v) is 15.2. The van der Waals surface area contributed by atoms with Gasteiger partial charge in [-0.25, -0.2) is 13.1 Å². The Labute approximate surface area is 140 Å². The van der Waals surface area contributed by atoms with Gasteiger partial charge in [0.25, 0.3) is 0 Å². The molecule has 0 aromatic heterocycles. The molecule has 2 aliphatic rings. The van der Waals surface area contributed by atoms with Crippen molar-refractivity contribution in [1.29, 1.82) is 0 Å². The van der Waals surface area contributed by atoms with Gasteiger partial charge in [-0.1, -0.05) is 28.1 Å². The molecule has 2 fully saturated rings. The fourth-order valence-electron chi connectivity index (χ4n) is 3.00. The highest BCUT2D eigenvalue weighted by atomic mass is 79.9. The fourth-order valence-corrected chi connectivity index (χ4v) is 4.85. The van der Waals surface area contributed by atoms with Crippen molar-refractivity contribution in [2.45, 2.75) is 42.8 Å². The Morgan fingerprint density at radius 3 is 2.50 bits per heavy atom. The molecule has 0 amide bonds. The summed E-state index contributed by atoms with van der Waals surface area (Å²) in [5.41, 5.74) is 0.995. The van der Waals surface area contributed by atoms with Crippen LogP contribution in [0.4, 0.5) is 0 Å². The maximum Gasteiger partial charge on any atom is 0.217 e. The van der Waals surface area contributed by atoms with Crippen LogP contribution in [0.15, 0.2) is 28.7 Å². The van der Waals surface area contributed by atoms with Gasteiger partial charge in [0.05, 0.1) is 4.75 Å². The van der Waals surface area contributed by atoms with E-state index < -0.39 is 14.8 Å². The Bertz CT molecular complexity index is 649. The topological polar surface area (TPSA) is 55.4 Å². The lowest BCUT2D eigenvalue weighted by Gasteiger charge is -2.38. The molecule has 3 rings (SSSR count). The van der Waals surface area contributed by atoms with Gasteiger partial charge in [0, 0.05) is 29.6 Å². The lowest BCUT2D eigenvalue weighted by Crippen LogP contribution is -2.46. The van der Waals surface area contributed by atoms with Crippen molar-refractivity contribution >= 4 is 26.0 Å². The normalized spacial score (nSPS) is 23.2.